The molecule has 0 aliphatic heterocycles. The highest BCUT2D eigenvalue weighted by Gasteiger charge is 2.21. The maximum absolute atomic E-state index is 12.1. The summed E-state index contributed by atoms with van der Waals surface area (Å²) in [6.45, 7) is 3.97. The predicted molar refractivity (Wildman–Crippen MR) is 80.4 cm³/mol. The number of aliphatic hydroxyl groups is 1. The van der Waals surface area contributed by atoms with E-state index in [1.807, 2.05) is 32.0 Å². The Bertz CT molecular complexity index is 462. The molecule has 0 radical (unpaired) electrons. The molecular weight excluding hydrogens is 270 g/mol. The standard InChI is InChI=1S/C15H23N3O3/c1-10(2)8-12(18-15(16)21)14(20)17-9-13(19)11-6-4-3-5-7-11/h3-7,10,12-13,19H,8-9H2,1-2H3,(H,17,20)(H3,16,18,21). The van der Waals surface area contributed by atoms with E-state index in [0.29, 0.717) is 6.42 Å². The Hall–Kier alpha value is -2.08. The third-order valence-corrected chi connectivity index (χ3v) is 2.99. The summed E-state index contributed by atoms with van der Waals surface area (Å²) in [5.41, 5.74) is 5.80. The van der Waals surface area contributed by atoms with Crippen LogP contribution >= 0.6 is 0 Å². The Balaban J connectivity index is 2.54. The summed E-state index contributed by atoms with van der Waals surface area (Å²) < 4.78 is 0. The molecular formula is C15H23N3O3. The van der Waals surface area contributed by atoms with Crippen molar-refractivity contribution in [3.8, 4) is 0 Å². The number of urea groups is 1. The lowest BCUT2D eigenvalue weighted by Crippen LogP contribution is -2.49. The van der Waals surface area contributed by atoms with Crippen LogP contribution < -0.4 is 16.4 Å². The first kappa shape index (κ1) is 17.0. The van der Waals surface area contributed by atoms with Gasteiger partial charge in [-0.25, -0.2) is 4.79 Å². The summed E-state index contributed by atoms with van der Waals surface area (Å²) in [7, 11) is 0. The summed E-state index contributed by atoms with van der Waals surface area (Å²) in [6, 6.07) is 7.62. The molecule has 0 saturated carbocycles. The van der Waals surface area contributed by atoms with Gasteiger partial charge in [0.25, 0.3) is 0 Å². The molecule has 1 aromatic rings. The largest absolute Gasteiger partial charge is 0.387 e. The number of nitrogens with two attached hydrogens (primary N) is 1. The van der Waals surface area contributed by atoms with Crippen LogP contribution in [0.2, 0.25) is 0 Å². The van der Waals surface area contributed by atoms with Gasteiger partial charge in [-0.15, -0.1) is 0 Å². The quantitative estimate of drug-likeness (QED) is 0.601. The normalized spacial score (nSPS) is 13.5. The lowest BCUT2D eigenvalue weighted by Gasteiger charge is -2.20. The van der Waals surface area contributed by atoms with Gasteiger partial charge in [0.05, 0.1) is 6.10 Å². The zero-order valence-electron chi connectivity index (χ0n) is 12.4. The monoisotopic (exact) mass is 293 g/mol. The fourth-order valence-corrected chi connectivity index (χ4v) is 1.99. The average Bonchev–Trinajstić information content (AvgIpc) is 2.43. The van der Waals surface area contributed by atoms with E-state index in [2.05, 4.69) is 10.6 Å². The van der Waals surface area contributed by atoms with E-state index in [-0.39, 0.29) is 18.4 Å². The topological polar surface area (TPSA) is 104 Å². The molecule has 5 N–H and O–H groups in total. The van der Waals surface area contributed by atoms with Gasteiger partial charge in [-0.3, -0.25) is 4.79 Å². The minimum Gasteiger partial charge on any atom is -0.387 e. The molecule has 1 rings (SSSR count). The van der Waals surface area contributed by atoms with Gasteiger partial charge in [0.1, 0.15) is 6.04 Å². The van der Waals surface area contributed by atoms with Crippen molar-refractivity contribution >= 4 is 11.9 Å². The Morgan fingerprint density at radius 2 is 1.86 bits per heavy atom. The minimum atomic E-state index is -0.788. The van der Waals surface area contributed by atoms with Crippen LogP contribution in [0.3, 0.4) is 0 Å². The van der Waals surface area contributed by atoms with Gasteiger partial charge in [0.15, 0.2) is 0 Å². The molecule has 0 aliphatic carbocycles. The number of carbonyl (C=O) groups is 2. The van der Waals surface area contributed by atoms with E-state index in [9.17, 15) is 14.7 Å². The summed E-state index contributed by atoms with van der Waals surface area (Å²) in [5.74, 6) is -0.121. The molecule has 0 aromatic heterocycles. The highest BCUT2D eigenvalue weighted by molar-refractivity contribution is 5.86. The van der Waals surface area contributed by atoms with Gasteiger partial charge in [0.2, 0.25) is 5.91 Å². The number of benzene rings is 1. The number of carbonyl (C=O) groups excluding carboxylic acids is 2. The van der Waals surface area contributed by atoms with Crippen LogP contribution in [0.25, 0.3) is 0 Å². The zero-order valence-corrected chi connectivity index (χ0v) is 12.4. The van der Waals surface area contributed by atoms with Crippen LogP contribution in [0.1, 0.15) is 31.9 Å². The fourth-order valence-electron chi connectivity index (χ4n) is 1.99. The number of amides is 3. The van der Waals surface area contributed by atoms with E-state index in [0.717, 1.165) is 5.56 Å². The first-order chi connectivity index (χ1) is 9.90. The first-order valence-corrected chi connectivity index (χ1v) is 6.96. The Morgan fingerprint density at radius 1 is 1.24 bits per heavy atom. The molecule has 6 heteroatoms. The molecule has 1 aromatic carbocycles. The van der Waals surface area contributed by atoms with Crippen molar-refractivity contribution < 1.29 is 14.7 Å². The third-order valence-electron chi connectivity index (χ3n) is 2.99. The molecule has 21 heavy (non-hydrogen) atoms. The van der Waals surface area contributed by atoms with E-state index in [1.54, 1.807) is 12.1 Å². The summed E-state index contributed by atoms with van der Waals surface area (Å²) in [6.07, 6.45) is -0.306. The highest BCUT2D eigenvalue weighted by atomic mass is 16.3. The smallest absolute Gasteiger partial charge is 0.312 e. The molecule has 0 fully saturated rings. The number of aliphatic hydroxyl groups excluding tert-OH is 1. The van der Waals surface area contributed by atoms with Gasteiger partial charge < -0.3 is 21.5 Å². The lowest BCUT2D eigenvalue weighted by atomic mass is 10.0. The summed E-state index contributed by atoms with van der Waals surface area (Å²) >= 11 is 0. The van der Waals surface area contributed by atoms with Crippen LogP contribution in [-0.2, 0) is 4.79 Å². The molecule has 0 bridgehead atoms. The van der Waals surface area contributed by atoms with E-state index < -0.39 is 18.2 Å². The summed E-state index contributed by atoms with van der Waals surface area (Å²) in [5, 5.41) is 15.0. The Kier molecular flexibility index (Phi) is 6.68. The van der Waals surface area contributed by atoms with E-state index >= 15 is 0 Å². The van der Waals surface area contributed by atoms with Gasteiger partial charge in [-0.2, -0.15) is 0 Å². The number of hydrogen-bond donors (Lipinski definition) is 4. The van der Waals surface area contributed by atoms with Crippen molar-refractivity contribution in [3.05, 3.63) is 35.9 Å². The molecule has 2 atom stereocenters. The first-order valence-electron chi connectivity index (χ1n) is 6.96. The maximum Gasteiger partial charge on any atom is 0.312 e. The number of hydrogen-bond acceptors (Lipinski definition) is 3. The van der Waals surface area contributed by atoms with Crippen LogP contribution in [0, 0.1) is 5.92 Å². The van der Waals surface area contributed by atoms with Gasteiger partial charge >= 0.3 is 6.03 Å². The van der Waals surface area contributed by atoms with Crippen molar-refractivity contribution in [3.63, 3.8) is 0 Å². The van der Waals surface area contributed by atoms with Crippen molar-refractivity contribution in [1.29, 1.82) is 0 Å². The lowest BCUT2D eigenvalue weighted by molar-refractivity contribution is -0.123. The molecule has 0 heterocycles. The SMILES string of the molecule is CC(C)CC(NC(N)=O)C(=O)NCC(O)c1ccccc1. The fraction of sp³-hybridized carbons (Fsp3) is 0.467. The van der Waals surface area contributed by atoms with Crippen LogP contribution in [-0.4, -0.2) is 29.6 Å². The second-order valence-corrected chi connectivity index (χ2v) is 5.36. The van der Waals surface area contributed by atoms with Crippen molar-refractivity contribution in [2.45, 2.75) is 32.4 Å². The van der Waals surface area contributed by atoms with Crippen LogP contribution in [0.15, 0.2) is 30.3 Å². The third kappa shape index (κ3) is 6.27. The second-order valence-electron chi connectivity index (χ2n) is 5.36. The Morgan fingerprint density at radius 3 is 2.38 bits per heavy atom. The second kappa shape index (κ2) is 8.26. The van der Waals surface area contributed by atoms with Crippen molar-refractivity contribution in [2.75, 3.05) is 6.54 Å². The van der Waals surface area contributed by atoms with Gasteiger partial charge in [0, 0.05) is 6.54 Å². The zero-order chi connectivity index (χ0) is 15.8. The van der Waals surface area contributed by atoms with E-state index in [1.165, 1.54) is 0 Å². The molecule has 3 amide bonds. The minimum absolute atomic E-state index is 0.0812. The van der Waals surface area contributed by atoms with Crippen LogP contribution in [0.5, 0.6) is 0 Å². The molecule has 0 spiro atoms. The molecule has 0 saturated heterocycles. The van der Waals surface area contributed by atoms with Crippen LogP contribution in [0.4, 0.5) is 4.79 Å². The molecule has 0 aliphatic rings. The average molecular weight is 293 g/mol. The molecule has 116 valence electrons. The van der Waals surface area contributed by atoms with E-state index in [4.69, 9.17) is 5.73 Å². The number of primary amides is 1. The maximum atomic E-state index is 12.1. The predicted octanol–water partition coefficient (Wildman–Crippen LogP) is 0.919. The highest BCUT2D eigenvalue weighted by Crippen LogP contribution is 2.11. The van der Waals surface area contributed by atoms with Crippen molar-refractivity contribution in [2.24, 2.45) is 11.7 Å². The van der Waals surface area contributed by atoms with Gasteiger partial charge in [-0.05, 0) is 17.9 Å². The molecule has 2 unspecified atom stereocenters. The Labute approximate surface area is 124 Å². The number of nitrogens with one attached hydrogen (secondary N) is 2. The van der Waals surface area contributed by atoms with Gasteiger partial charge in [-0.1, -0.05) is 44.2 Å². The molecule has 6 nitrogen and oxygen atoms in total. The summed E-state index contributed by atoms with van der Waals surface area (Å²) in [4.78, 5) is 23.0. The van der Waals surface area contributed by atoms with Crippen molar-refractivity contribution in [1.82, 2.24) is 10.6 Å². The number of rotatable bonds is 7.